The molecule has 0 saturated carbocycles. The van der Waals surface area contributed by atoms with Crippen LogP contribution in [0.25, 0.3) is 0 Å². The Morgan fingerprint density at radius 1 is 1.14 bits per heavy atom. The number of allylic oxidation sites excluding steroid dienone is 2. The lowest BCUT2D eigenvalue weighted by Crippen LogP contribution is -2.32. The van der Waals surface area contributed by atoms with Crippen molar-refractivity contribution in [3.8, 4) is 5.75 Å². The summed E-state index contributed by atoms with van der Waals surface area (Å²) in [6.45, 7) is 6.22. The number of hydrogen-bond acceptors (Lipinski definition) is 3. The van der Waals surface area contributed by atoms with Crippen molar-refractivity contribution in [3.63, 3.8) is 0 Å². The lowest BCUT2D eigenvalue weighted by Gasteiger charge is -2.29. The van der Waals surface area contributed by atoms with Crippen LogP contribution in [0.1, 0.15) is 20.8 Å². The number of esters is 1. The van der Waals surface area contributed by atoms with Crippen LogP contribution in [-0.4, -0.2) is 12.1 Å². The van der Waals surface area contributed by atoms with Crippen LogP contribution in [0.4, 0.5) is 0 Å². The summed E-state index contributed by atoms with van der Waals surface area (Å²) in [7, 11) is 0. The number of para-hydroxylation sites is 1. The number of carbonyl (C=O) groups is 1. The molecule has 1 unspecified atom stereocenters. The van der Waals surface area contributed by atoms with E-state index in [1.807, 2.05) is 42.5 Å². The molecule has 1 saturated heterocycles. The minimum Gasteiger partial charge on any atom is -0.458 e. The highest BCUT2D eigenvalue weighted by Crippen LogP contribution is 2.45. The summed E-state index contributed by atoms with van der Waals surface area (Å²) in [5.74, 6) is 1.23. The predicted octanol–water partition coefficient (Wildman–Crippen LogP) is 3.72. The molecule has 3 rings (SSSR count). The Hall–Kier alpha value is -2.03. The van der Waals surface area contributed by atoms with Crippen LogP contribution in [0.5, 0.6) is 5.75 Å². The van der Waals surface area contributed by atoms with Crippen molar-refractivity contribution in [2.24, 2.45) is 17.3 Å². The fraction of sp³-hybridized carbons (Fsp3) is 0.389. The maximum atomic E-state index is 12.2. The Morgan fingerprint density at radius 2 is 1.86 bits per heavy atom. The van der Waals surface area contributed by atoms with Crippen LogP contribution in [-0.2, 0) is 9.53 Å². The standard InChI is InChI=1S/C18H20O3/c1-18(2,3)15-13-10-7-11-14(16(13)21-17(15)19)20-12-8-5-4-6-9-12/h4-11,13,15-16H,1-3H3/t13-,15?,16+/m0/s1. The summed E-state index contributed by atoms with van der Waals surface area (Å²) in [5, 5.41) is 0. The maximum Gasteiger partial charge on any atom is 0.310 e. The number of ether oxygens (including phenoxy) is 2. The highest BCUT2D eigenvalue weighted by atomic mass is 16.6. The summed E-state index contributed by atoms with van der Waals surface area (Å²) in [6.07, 6.45) is 5.59. The third-order valence-electron chi connectivity index (χ3n) is 4.02. The number of fused-ring (bicyclic) bond motifs is 1. The highest BCUT2D eigenvalue weighted by Gasteiger charge is 2.51. The minimum absolute atomic E-state index is 0.0428. The molecule has 1 fully saturated rings. The third-order valence-corrected chi connectivity index (χ3v) is 4.02. The van der Waals surface area contributed by atoms with Gasteiger partial charge >= 0.3 is 5.97 Å². The van der Waals surface area contributed by atoms with Crippen molar-refractivity contribution in [1.82, 2.24) is 0 Å². The average molecular weight is 284 g/mol. The lowest BCUT2D eigenvalue weighted by molar-refractivity contribution is -0.146. The molecule has 21 heavy (non-hydrogen) atoms. The van der Waals surface area contributed by atoms with Gasteiger partial charge in [-0.05, 0) is 23.6 Å². The summed E-state index contributed by atoms with van der Waals surface area (Å²) < 4.78 is 11.5. The van der Waals surface area contributed by atoms with Crippen molar-refractivity contribution < 1.29 is 14.3 Å². The van der Waals surface area contributed by atoms with Gasteiger partial charge < -0.3 is 9.47 Å². The second-order valence-electron chi connectivity index (χ2n) is 6.65. The Morgan fingerprint density at radius 3 is 2.52 bits per heavy atom. The van der Waals surface area contributed by atoms with Gasteiger partial charge in [-0.2, -0.15) is 0 Å². The number of rotatable bonds is 2. The molecular formula is C18H20O3. The van der Waals surface area contributed by atoms with Gasteiger partial charge in [-0.25, -0.2) is 0 Å². The first-order chi connectivity index (χ1) is 9.97. The Kier molecular flexibility index (Phi) is 3.36. The molecule has 1 aliphatic carbocycles. The largest absolute Gasteiger partial charge is 0.458 e. The smallest absolute Gasteiger partial charge is 0.310 e. The summed E-state index contributed by atoms with van der Waals surface area (Å²) in [5.41, 5.74) is -0.129. The molecule has 0 aromatic heterocycles. The molecule has 1 aromatic rings. The topological polar surface area (TPSA) is 35.5 Å². The van der Waals surface area contributed by atoms with Crippen LogP contribution in [0.15, 0.2) is 54.3 Å². The van der Waals surface area contributed by atoms with E-state index in [0.29, 0.717) is 5.76 Å². The van der Waals surface area contributed by atoms with Crippen LogP contribution >= 0.6 is 0 Å². The fourth-order valence-electron chi connectivity index (χ4n) is 3.09. The molecule has 1 aromatic carbocycles. The molecule has 0 bridgehead atoms. The van der Waals surface area contributed by atoms with Crippen molar-refractivity contribution in [2.45, 2.75) is 26.9 Å². The third kappa shape index (κ3) is 2.60. The molecule has 3 heteroatoms. The van der Waals surface area contributed by atoms with E-state index in [9.17, 15) is 4.79 Å². The first-order valence-electron chi connectivity index (χ1n) is 7.28. The van der Waals surface area contributed by atoms with E-state index in [1.165, 1.54) is 0 Å². The Bertz CT molecular complexity index is 593. The van der Waals surface area contributed by atoms with Crippen molar-refractivity contribution in [3.05, 3.63) is 54.3 Å². The van der Waals surface area contributed by atoms with Crippen molar-refractivity contribution in [2.75, 3.05) is 0 Å². The zero-order chi connectivity index (χ0) is 15.0. The Labute approximate surface area is 125 Å². The average Bonchev–Trinajstić information content (AvgIpc) is 2.77. The summed E-state index contributed by atoms with van der Waals surface area (Å²) in [4.78, 5) is 12.2. The van der Waals surface area contributed by atoms with Gasteiger partial charge in [-0.15, -0.1) is 0 Å². The molecule has 0 radical (unpaired) electrons. The normalized spacial score (nSPS) is 27.9. The first kappa shape index (κ1) is 13.9. The number of hydrogen-bond donors (Lipinski definition) is 0. The van der Waals surface area contributed by atoms with Crippen molar-refractivity contribution in [1.29, 1.82) is 0 Å². The number of benzene rings is 1. The fourth-order valence-corrected chi connectivity index (χ4v) is 3.09. The first-order valence-corrected chi connectivity index (χ1v) is 7.28. The van der Waals surface area contributed by atoms with Gasteiger partial charge in [0.05, 0.1) is 5.92 Å². The molecule has 0 spiro atoms. The van der Waals surface area contributed by atoms with Crippen molar-refractivity contribution >= 4 is 5.97 Å². The van der Waals surface area contributed by atoms with Gasteiger partial charge in [0.1, 0.15) is 11.5 Å². The molecule has 3 atom stereocenters. The number of carbonyl (C=O) groups excluding carboxylic acids is 1. The predicted molar refractivity (Wildman–Crippen MR) is 80.6 cm³/mol. The lowest BCUT2D eigenvalue weighted by atomic mass is 9.72. The van der Waals surface area contributed by atoms with Crippen LogP contribution in [0.2, 0.25) is 0 Å². The van der Waals surface area contributed by atoms with Gasteiger partial charge in [0.15, 0.2) is 6.10 Å². The molecule has 0 amide bonds. The highest BCUT2D eigenvalue weighted by molar-refractivity contribution is 5.77. The van der Waals surface area contributed by atoms with Gasteiger partial charge in [0, 0.05) is 5.92 Å². The van der Waals surface area contributed by atoms with E-state index < -0.39 is 0 Å². The molecule has 2 aliphatic rings. The summed E-state index contributed by atoms with van der Waals surface area (Å²) in [6, 6.07) is 9.57. The van der Waals surface area contributed by atoms with E-state index in [1.54, 1.807) is 0 Å². The second-order valence-corrected chi connectivity index (χ2v) is 6.65. The van der Waals surface area contributed by atoms with Crippen LogP contribution in [0, 0.1) is 17.3 Å². The monoisotopic (exact) mass is 284 g/mol. The van der Waals surface area contributed by atoms with E-state index in [2.05, 4.69) is 26.8 Å². The minimum atomic E-state index is -0.313. The van der Waals surface area contributed by atoms with Gasteiger partial charge in [-0.1, -0.05) is 51.1 Å². The zero-order valence-electron chi connectivity index (χ0n) is 12.6. The quantitative estimate of drug-likeness (QED) is 0.776. The van der Waals surface area contributed by atoms with Gasteiger partial charge in [0.25, 0.3) is 0 Å². The van der Waals surface area contributed by atoms with E-state index in [-0.39, 0.29) is 29.3 Å². The van der Waals surface area contributed by atoms with Gasteiger partial charge in [0.2, 0.25) is 0 Å². The van der Waals surface area contributed by atoms with E-state index >= 15 is 0 Å². The Balaban J connectivity index is 1.85. The van der Waals surface area contributed by atoms with E-state index in [4.69, 9.17) is 9.47 Å². The molecule has 0 N–H and O–H groups in total. The summed E-state index contributed by atoms with van der Waals surface area (Å²) >= 11 is 0. The molecule has 1 heterocycles. The molecule has 3 nitrogen and oxygen atoms in total. The molecule has 110 valence electrons. The zero-order valence-corrected chi connectivity index (χ0v) is 12.6. The van der Waals surface area contributed by atoms with Crippen LogP contribution < -0.4 is 4.74 Å². The molecular weight excluding hydrogens is 264 g/mol. The van der Waals surface area contributed by atoms with Crippen LogP contribution in [0.3, 0.4) is 0 Å². The molecule has 1 aliphatic heterocycles. The SMILES string of the molecule is CC(C)(C)C1C(=O)O[C@H]2C(Oc3ccccc3)=CC=C[C@@H]12. The second kappa shape index (κ2) is 5.06. The maximum absolute atomic E-state index is 12.2. The van der Waals surface area contributed by atoms with Gasteiger partial charge in [-0.3, -0.25) is 4.79 Å². The van der Waals surface area contributed by atoms with E-state index in [0.717, 1.165) is 5.75 Å².